The maximum Gasteiger partial charge on any atom is 0.307 e. The first-order valence-electron chi connectivity index (χ1n) is 6.75. The molecule has 0 spiro atoms. The van der Waals surface area contributed by atoms with Crippen molar-refractivity contribution >= 4 is 24.4 Å². The van der Waals surface area contributed by atoms with Crippen LogP contribution < -0.4 is 0 Å². The Labute approximate surface area is 128 Å². The number of fused-ring (bicyclic) bond motifs is 2. The molecule has 0 bridgehead atoms. The molecule has 3 rings (SSSR count). The predicted octanol–water partition coefficient (Wildman–Crippen LogP) is 2.93. The fraction of sp³-hybridized carbons (Fsp3) is 0.176. The second-order valence-corrected chi connectivity index (χ2v) is 5.69. The Morgan fingerprint density at radius 3 is 2.62 bits per heavy atom. The van der Waals surface area contributed by atoms with Gasteiger partial charge < -0.3 is 5.11 Å². The fourth-order valence-corrected chi connectivity index (χ4v) is 3.26. The summed E-state index contributed by atoms with van der Waals surface area (Å²) >= 11 is 4.41. The SMILES string of the molecule is O=C(O)Cc1cc(S)c2c(c1)CCc1ccccc1C2=O. The molecule has 4 heteroatoms. The minimum atomic E-state index is -0.883. The number of benzene rings is 2. The van der Waals surface area contributed by atoms with Crippen LogP contribution in [0.1, 0.15) is 32.6 Å². The van der Waals surface area contributed by atoms with Gasteiger partial charge in [-0.1, -0.05) is 30.3 Å². The van der Waals surface area contributed by atoms with Gasteiger partial charge in [-0.05, 0) is 35.6 Å². The van der Waals surface area contributed by atoms with Gasteiger partial charge >= 0.3 is 5.97 Å². The van der Waals surface area contributed by atoms with E-state index in [-0.39, 0.29) is 12.2 Å². The monoisotopic (exact) mass is 298 g/mol. The smallest absolute Gasteiger partial charge is 0.307 e. The number of aryl methyl sites for hydroxylation is 2. The molecular formula is C17H14O3S. The lowest BCUT2D eigenvalue weighted by Gasteiger charge is -2.10. The van der Waals surface area contributed by atoms with Crippen LogP contribution in [0.4, 0.5) is 0 Å². The van der Waals surface area contributed by atoms with Crippen molar-refractivity contribution in [2.24, 2.45) is 0 Å². The molecule has 2 aromatic rings. The van der Waals surface area contributed by atoms with Crippen molar-refractivity contribution in [3.63, 3.8) is 0 Å². The number of carboxylic acids is 1. The lowest BCUT2D eigenvalue weighted by molar-refractivity contribution is -0.136. The van der Waals surface area contributed by atoms with E-state index in [1.54, 1.807) is 6.07 Å². The quantitative estimate of drug-likeness (QED) is 0.838. The van der Waals surface area contributed by atoms with Crippen LogP contribution in [0.15, 0.2) is 41.3 Å². The molecule has 1 aliphatic carbocycles. The van der Waals surface area contributed by atoms with Crippen molar-refractivity contribution in [2.45, 2.75) is 24.2 Å². The highest BCUT2D eigenvalue weighted by Crippen LogP contribution is 2.30. The summed E-state index contributed by atoms with van der Waals surface area (Å²) in [6, 6.07) is 11.1. The largest absolute Gasteiger partial charge is 0.481 e. The molecule has 0 fully saturated rings. The molecule has 1 aliphatic rings. The van der Waals surface area contributed by atoms with E-state index in [2.05, 4.69) is 12.6 Å². The molecule has 0 saturated heterocycles. The van der Waals surface area contributed by atoms with Gasteiger partial charge in [-0.15, -0.1) is 12.6 Å². The number of ketones is 1. The molecule has 0 aliphatic heterocycles. The maximum atomic E-state index is 12.7. The minimum absolute atomic E-state index is 0.0232. The normalized spacial score (nSPS) is 13.3. The van der Waals surface area contributed by atoms with Gasteiger partial charge in [0.25, 0.3) is 0 Å². The van der Waals surface area contributed by atoms with Gasteiger partial charge in [0.1, 0.15) is 0 Å². The second kappa shape index (κ2) is 5.37. The number of thiol groups is 1. The average molecular weight is 298 g/mol. The van der Waals surface area contributed by atoms with Gasteiger partial charge in [-0.2, -0.15) is 0 Å². The molecule has 0 aromatic heterocycles. The Kier molecular flexibility index (Phi) is 3.55. The molecule has 0 heterocycles. The lowest BCUT2D eigenvalue weighted by Crippen LogP contribution is -2.08. The molecule has 0 unspecified atom stereocenters. The number of rotatable bonds is 2. The Bertz CT molecular complexity index is 750. The van der Waals surface area contributed by atoms with Crippen LogP contribution in [0.2, 0.25) is 0 Å². The summed E-state index contributed by atoms with van der Waals surface area (Å²) in [7, 11) is 0. The zero-order valence-corrected chi connectivity index (χ0v) is 12.2. The molecule has 0 atom stereocenters. The number of carbonyl (C=O) groups is 2. The molecule has 106 valence electrons. The van der Waals surface area contributed by atoms with Crippen LogP contribution in [-0.2, 0) is 24.1 Å². The van der Waals surface area contributed by atoms with Gasteiger partial charge in [-0.25, -0.2) is 0 Å². The summed E-state index contributed by atoms with van der Waals surface area (Å²) in [4.78, 5) is 24.1. The summed E-state index contributed by atoms with van der Waals surface area (Å²) in [6.45, 7) is 0. The van der Waals surface area contributed by atoms with Crippen molar-refractivity contribution in [2.75, 3.05) is 0 Å². The van der Waals surface area contributed by atoms with Crippen molar-refractivity contribution in [3.8, 4) is 0 Å². The first-order chi connectivity index (χ1) is 10.1. The van der Waals surface area contributed by atoms with E-state index in [9.17, 15) is 9.59 Å². The van der Waals surface area contributed by atoms with Gasteiger partial charge in [-0.3, -0.25) is 9.59 Å². The summed E-state index contributed by atoms with van der Waals surface area (Å²) in [5.41, 5.74) is 3.94. The number of aliphatic carboxylic acids is 1. The average Bonchev–Trinajstić information content (AvgIpc) is 2.57. The molecule has 2 aromatic carbocycles. The summed E-state index contributed by atoms with van der Waals surface area (Å²) in [5, 5.41) is 8.92. The van der Waals surface area contributed by atoms with Crippen molar-refractivity contribution in [3.05, 3.63) is 64.2 Å². The third-order valence-corrected chi connectivity index (χ3v) is 4.12. The van der Waals surface area contributed by atoms with Crippen LogP contribution >= 0.6 is 12.6 Å². The van der Waals surface area contributed by atoms with Gasteiger partial charge in [0.15, 0.2) is 5.78 Å². The van der Waals surface area contributed by atoms with Crippen molar-refractivity contribution < 1.29 is 14.7 Å². The van der Waals surface area contributed by atoms with E-state index in [0.29, 0.717) is 16.0 Å². The standard InChI is InChI=1S/C17H14O3S/c18-15(19)9-10-7-12-6-5-11-3-1-2-4-13(11)17(20)16(12)14(21)8-10/h1-4,7-8,21H,5-6,9H2,(H,18,19). The fourth-order valence-electron chi connectivity index (χ4n) is 2.85. The van der Waals surface area contributed by atoms with Crippen LogP contribution in [0.5, 0.6) is 0 Å². The van der Waals surface area contributed by atoms with Crippen LogP contribution in [0.25, 0.3) is 0 Å². The molecule has 21 heavy (non-hydrogen) atoms. The Balaban J connectivity index is 2.13. The van der Waals surface area contributed by atoms with Crippen LogP contribution in [0, 0.1) is 0 Å². The topological polar surface area (TPSA) is 54.4 Å². The Hall–Kier alpha value is -2.07. The molecule has 0 amide bonds. The predicted molar refractivity (Wildman–Crippen MR) is 82.3 cm³/mol. The third-order valence-electron chi connectivity index (χ3n) is 3.77. The zero-order valence-electron chi connectivity index (χ0n) is 11.3. The number of hydrogen-bond acceptors (Lipinski definition) is 3. The highest BCUT2D eigenvalue weighted by molar-refractivity contribution is 7.80. The highest BCUT2D eigenvalue weighted by atomic mass is 32.1. The summed E-state index contributed by atoms with van der Waals surface area (Å²) in [6.07, 6.45) is 1.44. The lowest BCUT2D eigenvalue weighted by atomic mass is 9.96. The van der Waals surface area contributed by atoms with Crippen molar-refractivity contribution in [1.82, 2.24) is 0 Å². The van der Waals surface area contributed by atoms with E-state index < -0.39 is 5.97 Å². The van der Waals surface area contributed by atoms with Gasteiger partial charge in [0.2, 0.25) is 0 Å². The van der Waals surface area contributed by atoms with E-state index in [4.69, 9.17) is 5.11 Å². The van der Waals surface area contributed by atoms with Gasteiger partial charge in [0.05, 0.1) is 6.42 Å². The molecule has 0 saturated carbocycles. The summed E-state index contributed by atoms with van der Waals surface area (Å²) < 4.78 is 0. The highest BCUT2D eigenvalue weighted by Gasteiger charge is 2.23. The Morgan fingerprint density at radius 1 is 1.14 bits per heavy atom. The molecule has 3 nitrogen and oxygen atoms in total. The molecule has 0 radical (unpaired) electrons. The molecule has 1 N–H and O–H groups in total. The number of carboxylic acid groups (broad SMARTS) is 1. The summed E-state index contributed by atoms with van der Waals surface area (Å²) in [5.74, 6) is -0.907. The Morgan fingerprint density at radius 2 is 1.86 bits per heavy atom. The van der Waals surface area contributed by atoms with E-state index in [1.807, 2.05) is 30.3 Å². The first kappa shape index (κ1) is 13.9. The van der Waals surface area contributed by atoms with Crippen molar-refractivity contribution in [1.29, 1.82) is 0 Å². The van der Waals surface area contributed by atoms with Crippen LogP contribution in [0.3, 0.4) is 0 Å². The number of hydrogen-bond donors (Lipinski definition) is 2. The van der Waals surface area contributed by atoms with Crippen LogP contribution in [-0.4, -0.2) is 16.9 Å². The van der Waals surface area contributed by atoms with E-state index in [0.717, 1.165) is 29.5 Å². The van der Waals surface area contributed by atoms with E-state index in [1.165, 1.54) is 0 Å². The van der Waals surface area contributed by atoms with E-state index >= 15 is 0 Å². The first-order valence-corrected chi connectivity index (χ1v) is 7.20. The molecular weight excluding hydrogens is 284 g/mol. The maximum absolute atomic E-state index is 12.7. The zero-order chi connectivity index (χ0) is 15.0. The second-order valence-electron chi connectivity index (χ2n) is 5.21. The third kappa shape index (κ3) is 2.59. The van der Waals surface area contributed by atoms with Gasteiger partial charge in [0, 0.05) is 16.0 Å². The number of carbonyl (C=O) groups excluding carboxylic acids is 1. The minimum Gasteiger partial charge on any atom is -0.481 e.